The van der Waals surface area contributed by atoms with Gasteiger partial charge < -0.3 is 25.4 Å². The first-order valence-electron chi connectivity index (χ1n) is 4.97. The van der Waals surface area contributed by atoms with Crippen LogP contribution in [-0.2, 0) is 9.53 Å². The third kappa shape index (κ3) is 3.29. The van der Waals surface area contributed by atoms with E-state index in [4.69, 9.17) is 10.3 Å². The van der Waals surface area contributed by atoms with E-state index in [1.807, 2.05) is 0 Å². The smallest absolute Gasteiger partial charge is 0.226 e. The molecule has 1 unspecified atom stereocenters. The molecule has 1 aliphatic rings. The zero-order valence-corrected chi connectivity index (χ0v) is 9.09. The molecule has 9 nitrogen and oxygen atoms in total. The maximum Gasteiger partial charge on any atom is 0.226 e. The molecule has 0 aliphatic carbocycles. The van der Waals surface area contributed by atoms with Crippen molar-refractivity contribution in [2.24, 2.45) is 5.11 Å². The van der Waals surface area contributed by atoms with Gasteiger partial charge in [0.05, 0.1) is 6.10 Å². The van der Waals surface area contributed by atoms with E-state index in [2.05, 4.69) is 15.3 Å². The van der Waals surface area contributed by atoms with Gasteiger partial charge in [0.25, 0.3) is 0 Å². The normalized spacial score (nSPS) is 37.1. The van der Waals surface area contributed by atoms with Crippen molar-refractivity contribution < 1.29 is 24.9 Å². The number of ether oxygens (including phenoxy) is 1. The Morgan fingerprint density at radius 2 is 2.12 bits per heavy atom. The highest BCUT2D eigenvalue weighted by molar-refractivity contribution is 5.78. The summed E-state index contributed by atoms with van der Waals surface area (Å²) in [6.07, 6.45) is -4.75. The summed E-state index contributed by atoms with van der Waals surface area (Å²) in [7, 11) is 0. The Kier molecular flexibility index (Phi) is 4.67. The van der Waals surface area contributed by atoms with E-state index < -0.39 is 43.1 Å². The third-order valence-electron chi connectivity index (χ3n) is 2.47. The van der Waals surface area contributed by atoms with Crippen LogP contribution in [0, 0.1) is 0 Å². The number of hydrogen-bond donors (Lipinski definition) is 4. The minimum atomic E-state index is -1.43. The number of aliphatic hydroxyl groups excluding tert-OH is 3. The molecule has 96 valence electrons. The number of carbonyl (C=O) groups excluding carboxylic acids is 1. The molecule has 1 aliphatic heterocycles. The SMILES string of the molecule is C[C@H]1OC(O)[C@H](NC(=O)CN=[N+]=[N-])[C@@H](O)[C@H]1O. The summed E-state index contributed by atoms with van der Waals surface area (Å²) < 4.78 is 4.91. The lowest BCUT2D eigenvalue weighted by molar-refractivity contribution is -0.242. The van der Waals surface area contributed by atoms with Gasteiger partial charge in [-0.3, -0.25) is 4.79 Å². The van der Waals surface area contributed by atoms with Crippen LogP contribution in [0.5, 0.6) is 0 Å². The number of rotatable bonds is 3. The van der Waals surface area contributed by atoms with E-state index in [0.29, 0.717) is 0 Å². The molecule has 0 saturated carbocycles. The molecule has 0 aromatic heterocycles. The first-order valence-corrected chi connectivity index (χ1v) is 4.97. The van der Waals surface area contributed by atoms with Gasteiger partial charge >= 0.3 is 0 Å². The van der Waals surface area contributed by atoms with Crippen LogP contribution in [0.3, 0.4) is 0 Å². The molecule has 0 aromatic carbocycles. The second kappa shape index (κ2) is 5.80. The molecule has 5 atom stereocenters. The molecule has 1 saturated heterocycles. The monoisotopic (exact) mass is 246 g/mol. The van der Waals surface area contributed by atoms with Crippen molar-refractivity contribution in [3.63, 3.8) is 0 Å². The fourth-order valence-electron chi connectivity index (χ4n) is 1.53. The fraction of sp³-hybridized carbons (Fsp3) is 0.875. The largest absolute Gasteiger partial charge is 0.388 e. The predicted octanol–water partition coefficient (Wildman–Crippen LogP) is -1.76. The molecule has 1 heterocycles. The summed E-state index contributed by atoms with van der Waals surface area (Å²) in [6, 6.07) is -1.16. The van der Waals surface area contributed by atoms with Gasteiger partial charge in [-0.2, -0.15) is 0 Å². The van der Waals surface area contributed by atoms with Gasteiger partial charge in [-0.1, -0.05) is 5.11 Å². The summed E-state index contributed by atoms with van der Waals surface area (Å²) in [6.45, 7) is 1.02. The van der Waals surface area contributed by atoms with Crippen LogP contribution in [0.25, 0.3) is 10.4 Å². The van der Waals surface area contributed by atoms with Crippen molar-refractivity contribution >= 4 is 5.91 Å². The Labute approximate surface area is 96.6 Å². The summed E-state index contributed by atoms with van der Waals surface area (Å²) in [4.78, 5) is 13.6. The first-order chi connectivity index (χ1) is 7.97. The summed E-state index contributed by atoms with van der Waals surface area (Å²) in [5, 5.41) is 33.9. The highest BCUT2D eigenvalue weighted by Crippen LogP contribution is 2.19. The molecule has 0 bridgehead atoms. The van der Waals surface area contributed by atoms with E-state index in [-0.39, 0.29) is 0 Å². The van der Waals surface area contributed by atoms with Crippen LogP contribution in [-0.4, -0.2) is 58.4 Å². The molecule has 1 fully saturated rings. The van der Waals surface area contributed by atoms with Gasteiger partial charge in [0, 0.05) is 4.91 Å². The number of carbonyl (C=O) groups is 1. The van der Waals surface area contributed by atoms with Gasteiger partial charge in [-0.05, 0) is 12.5 Å². The topological polar surface area (TPSA) is 148 Å². The molecule has 0 aromatic rings. The predicted molar refractivity (Wildman–Crippen MR) is 54.5 cm³/mol. The van der Waals surface area contributed by atoms with Crippen LogP contribution in [0.1, 0.15) is 6.92 Å². The zero-order valence-electron chi connectivity index (χ0n) is 9.09. The van der Waals surface area contributed by atoms with Crippen molar-refractivity contribution in [1.82, 2.24) is 5.32 Å². The standard InChI is InChI=1S/C8H14N4O5/c1-3-6(14)7(15)5(8(16)17-3)11-4(13)2-10-12-9/h3,5-8,14-16H,2H2,1H3,(H,11,13)/t3-,5-,6+,7-,8?/m1/s1. The molecule has 17 heavy (non-hydrogen) atoms. The fourth-order valence-corrected chi connectivity index (χ4v) is 1.53. The van der Waals surface area contributed by atoms with Crippen molar-refractivity contribution in [2.45, 2.75) is 37.6 Å². The number of nitrogens with one attached hydrogen (secondary N) is 1. The van der Waals surface area contributed by atoms with Gasteiger partial charge in [-0.15, -0.1) is 0 Å². The van der Waals surface area contributed by atoms with Crippen molar-refractivity contribution in [1.29, 1.82) is 0 Å². The highest BCUT2D eigenvalue weighted by Gasteiger charge is 2.42. The van der Waals surface area contributed by atoms with Crippen LogP contribution in [0.4, 0.5) is 0 Å². The Morgan fingerprint density at radius 3 is 2.71 bits per heavy atom. The minimum absolute atomic E-state index is 0.460. The number of azide groups is 1. The summed E-state index contributed by atoms with van der Waals surface area (Å²) in [5.74, 6) is -0.684. The van der Waals surface area contributed by atoms with Crippen molar-refractivity contribution in [2.75, 3.05) is 6.54 Å². The highest BCUT2D eigenvalue weighted by atomic mass is 16.6. The van der Waals surface area contributed by atoms with Crippen molar-refractivity contribution in [3.8, 4) is 0 Å². The van der Waals surface area contributed by atoms with Gasteiger partial charge in [0.1, 0.15) is 24.8 Å². The maximum atomic E-state index is 11.2. The maximum absolute atomic E-state index is 11.2. The van der Waals surface area contributed by atoms with Crippen LogP contribution in [0.2, 0.25) is 0 Å². The van der Waals surface area contributed by atoms with Crippen LogP contribution < -0.4 is 5.32 Å². The lowest BCUT2D eigenvalue weighted by Crippen LogP contribution is -2.63. The average Bonchev–Trinajstić information content (AvgIpc) is 2.29. The molecule has 0 radical (unpaired) electrons. The lowest BCUT2D eigenvalue weighted by Gasteiger charge is -2.39. The molecule has 0 spiro atoms. The molecule has 1 amide bonds. The average molecular weight is 246 g/mol. The number of hydrogen-bond acceptors (Lipinski definition) is 6. The lowest BCUT2D eigenvalue weighted by atomic mass is 9.98. The Hall–Kier alpha value is -1.38. The van der Waals surface area contributed by atoms with Crippen LogP contribution >= 0.6 is 0 Å². The van der Waals surface area contributed by atoms with E-state index in [1.54, 1.807) is 0 Å². The van der Waals surface area contributed by atoms with E-state index >= 15 is 0 Å². The second-order valence-electron chi connectivity index (χ2n) is 3.70. The number of aliphatic hydroxyl groups is 3. The zero-order chi connectivity index (χ0) is 13.0. The number of nitrogens with zero attached hydrogens (tertiary/aromatic N) is 3. The van der Waals surface area contributed by atoms with Crippen LogP contribution in [0.15, 0.2) is 5.11 Å². The summed E-state index contributed by atoms with van der Waals surface area (Å²) >= 11 is 0. The molecule has 4 N–H and O–H groups in total. The van der Waals surface area contributed by atoms with Gasteiger partial charge in [-0.25, -0.2) is 0 Å². The van der Waals surface area contributed by atoms with Gasteiger partial charge in [0.15, 0.2) is 6.29 Å². The summed E-state index contributed by atoms with van der Waals surface area (Å²) in [5.41, 5.74) is 8.02. The van der Waals surface area contributed by atoms with E-state index in [0.717, 1.165) is 0 Å². The van der Waals surface area contributed by atoms with E-state index in [9.17, 15) is 20.1 Å². The van der Waals surface area contributed by atoms with Crippen molar-refractivity contribution in [3.05, 3.63) is 10.4 Å². The Morgan fingerprint density at radius 1 is 1.47 bits per heavy atom. The molecule has 9 heteroatoms. The Bertz CT molecular complexity index is 332. The molecular formula is C8H14N4O5. The van der Waals surface area contributed by atoms with E-state index in [1.165, 1.54) is 6.92 Å². The third-order valence-corrected chi connectivity index (χ3v) is 2.47. The molecule has 1 rings (SSSR count). The number of amides is 1. The molecular weight excluding hydrogens is 232 g/mol. The quantitative estimate of drug-likeness (QED) is 0.264. The minimum Gasteiger partial charge on any atom is -0.388 e. The van der Waals surface area contributed by atoms with Gasteiger partial charge in [0.2, 0.25) is 5.91 Å². The first kappa shape index (κ1) is 13.7. The Balaban J connectivity index is 2.62. The second-order valence-corrected chi connectivity index (χ2v) is 3.70.